The zero-order chi connectivity index (χ0) is 14.4. The summed E-state index contributed by atoms with van der Waals surface area (Å²) < 4.78 is 15.9. The van der Waals surface area contributed by atoms with Gasteiger partial charge in [-0.3, -0.25) is 4.52 Å². The van der Waals surface area contributed by atoms with Gasteiger partial charge >= 0.3 is 7.82 Å². The molecule has 0 radical (unpaired) electrons. The van der Waals surface area contributed by atoms with E-state index in [0.29, 0.717) is 11.8 Å². The first-order valence-corrected chi connectivity index (χ1v) is 9.52. The van der Waals surface area contributed by atoms with Crippen LogP contribution in [-0.2, 0) is 9.09 Å². The molecule has 0 rings (SSSR count). The zero-order valence-corrected chi connectivity index (χ0v) is 15.0. The number of hydrogen-bond acceptors (Lipinski definition) is 2. The SMILES string of the molecule is C=CC(CC(Cl)CCl)(CC(Br)CBr)OP(=O)(O)O. The van der Waals surface area contributed by atoms with Crippen LogP contribution in [0.2, 0.25) is 0 Å². The lowest BCUT2D eigenvalue weighted by Crippen LogP contribution is -2.35. The van der Waals surface area contributed by atoms with Gasteiger partial charge in [-0.15, -0.1) is 29.8 Å². The lowest BCUT2D eigenvalue weighted by Gasteiger charge is -2.33. The summed E-state index contributed by atoms with van der Waals surface area (Å²) in [5.74, 6) is 0.156. The van der Waals surface area contributed by atoms with E-state index in [2.05, 4.69) is 38.4 Å². The first kappa shape index (κ1) is 19.4. The highest BCUT2D eigenvalue weighted by molar-refractivity contribution is 9.12. The highest BCUT2D eigenvalue weighted by Crippen LogP contribution is 2.46. The summed E-state index contributed by atoms with van der Waals surface area (Å²) in [6.45, 7) is 3.59. The summed E-state index contributed by atoms with van der Waals surface area (Å²) in [5.41, 5.74) is -1.22. The number of phosphoric acid groups is 1. The molecule has 2 N–H and O–H groups in total. The summed E-state index contributed by atoms with van der Waals surface area (Å²) in [6.07, 6.45) is 1.85. The normalized spacial score (nSPS) is 19.0. The largest absolute Gasteiger partial charge is 0.470 e. The van der Waals surface area contributed by atoms with Gasteiger partial charge in [0.25, 0.3) is 0 Å². The van der Waals surface area contributed by atoms with Crippen molar-refractivity contribution in [2.75, 3.05) is 11.2 Å². The van der Waals surface area contributed by atoms with E-state index in [1.807, 2.05) is 0 Å². The van der Waals surface area contributed by atoms with Crippen molar-refractivity contribution in [1.82, 2.24) is 0 Å². The highest BCUT2D eigenvalue weighted by atomic mass is 79.9. The Bertz CT molecular complexity index is 301. The number of halogens is 4. The van der Waals surface area contributed by atoms with Crippen molar-refractivity contribution < 1.29 is 18.9 Å². The lowest BCUT2D eigenvalue weighted by atomic mass is 9.93. The van der Waals surface area contributed by atoms with Crippen LogP contribution in [-0.4, -0.2) is 36.8 Å². The summed E-state index contributed by atoms with van der Waals surface area (Å²) >= 11 is 18.2. The summed E-state index contributed by atoms with van der Waals surface area (Å²) in [6, 6.07) is 0. The van der Waals surface area contributed by atoms with Gasteiger partial charge in [0.2, 0.25) is 0 Å². The smallest absolute Gasteiger partial charge is 0.303 e. The Morgan fingerprint density at radius 1 is 1.50 bits per heavy atom. The van der Waals surface area contributed by atoms with Gasteiger partial charge in [0, 0.05) is 16.0 Å². The van der Waals surface area contributed by atoms with E-state index in [1.165, 1.54) is 6.08 Å². The summed E-state index contributed by atoms with van der Waals surface area (Å²) in [5, 5.41) is 0.132. The second-order valence-corrected chi connectivity index (χ2v) is 7.79. The van der Waals surface area contributed by atoms with Crippen LogP contribution in [0.3, 0.4) is 0 Å². The quantitative estimate of drug-likeness (QED) is 0.320. The molecule has 0 aliphatic rings. The molecule has 0 aliphatic heterocycles. The fraction of sp³-hybridized carbons (Fsp3) is 0.778. The molecule has 4 nitrogen and oxygen atoms in total. The van der Waals surface area contributed by atoms with E-state index in [4.69, 9.17) is 37.5 Å². The summed E-state index contributed by atoms with van der Waals surface area (Å²) in [7, 11) is -4.65. The molecule has 0 spiro atoms. The van der Waals surface area contributed by atoms with Crippen LogP contribution < -0.4 is 0 Å². The molecule has 0 heterocycles. The molecule has 3 unspecified atom stereocenters. The van der Waals surface area contributed by atoms with E-state index in [-0.39, 0.29) is 17.1 Å². The first-order chi connectivity index (χ1) is 8.18. The third-order valence-corrected chi connectivity index (χ3v) is 5.88. The van der Waals surface area contributed by atoms with Gasteiger partial charge in [0.05, 0.1) is 5.38 Å². The number of hydrogen-bond donors (Lipinski definition) is 2. The highest BCUT2D eigenvalue weighted by Gasteiger charge is 2.38. The standard InChI is InChI=1S/C9H15Br2Cl2O4P/c1-2-9(3-7(11)5-10,4-8(13)6-12)17-18(14,15)16/h2,7-8H,1,3-6H2,(H2,14,15,16). The summed E-state index contributed by atoms with van der Waals surface area (Å²) in [4.78, 5) is 17.9. The van der Waals surface area contributed by atoms with E-state index in [9.17, 15) is 4.57 Å². The molecule has 0 saturated heterocycles. The third-order valence-electron chi connectivity index (χ3n) is 2.14. The second-order valence-electron chi connectivity index (χ2n) is 3.76. The van der Waals surface area contributed by atoms with E-state index in [0.717, 1.165) is 0 Å². The first-order valence-electron chi connectivity index (χ1n) is 4.98. The topological polar surface area (TPSA) is 66.8 Å². The van der Waals surface area contributed by atoms with Gasteiger partial charge in [-0.05, 0) is 12.8 Å². The van der Waals surface area contributed by atoms with Crippen LogP contribution in [0.25, 0.3) is 0 Å². The van der Waals surface area contributed by atoms with Crippen molar-refractivity contribution >= 4 is 62.9 Å². The van der Waals surface area contributed by atoms with E-state index >= 15 is 0 Å². The predicted octanol–water partition coefficient (Wildman–Crippen LogP) is 3.81. The Balaban J connectivity index is 5.06. The number of phosphoric ester groups is 1. The van der Waals surface area contributed by atoms with E-state index in [1.54, 1.807) is 0 Å². The second kappa shape index (κ2) is 8.63. The molecule has 108 valence electrons. The molecule has 9 heteroatoms. The molecule has 0 saturated carbocycles. The van der Waals surface area contributed by atoms with Crippen LogP contribution in [0, 0.1) is 0 Å². The molecule has 0 fully saturated rings. The third kappa shape index (κ3) is 7.85. The van der Waals surface area contributed by atoms with Crippen LogP contribution in [0.15, 0.2) is 12.7 Å². The monoisotopic (exact) mass is 446 g/mol. The van der Waals surface area contributed by atoms with Gasteiger partial charge in [0.1, 0.15) is 5.60 Å². The Morgan fingerprint density at radius 3 is 2.39 bits per heavy atom. The minimum Gasteiger partial charge on any atom is -0.303 e. The molecule has 0 bridgehead atoms. The average molecular weight is 449 g/mol. The van der Waals surface area contributed by atoms with Gasteiger partial charge in [-0.25, -0.2) is 4.57 Å². The maximum absolute atomic E-state index is 11.1. The fourth-order valence-corrected chi connectivity index (χ4v) is 3.30. The molecule has 18 heavy (non-hydrogen) atoms. The zero-order valence-electron chi connectivity index (χ0n) is 9.44. The molecule has 0 aromatic heterocycles. The molecular weight excluding hydrogens is 434 g/mol. The maximum Gasteiger partial charge on any atom is 0.470 e. The van der Waals surface area contributed by atoms with Crippen LogP contribution in [0.4, 0.5) is 0 Å². The van der Waals surface area contributed by atoms with Crippen LogP contribution >= 0.6 is 62.9 Å². The number of rotatable bonds is 9. The van der Waals surface area contributed by atoms with Crippen molar-refractivity contribution in [1.29, 1.82) is 0 Å². The van der Waals surface area contributed by atoms with Gasteiger partial charge in [-0.1, -0.05) is 37.9 Å². The van der Waals surface area contributed by atoms with Crippen molar-refractivity contribution in [2.45, 2.75) is 28.6 Å². The Kier molecular flexibility index (Phi) is 9.29. The Morgan fingerprint density at radius 2 is 2.06 bits per heavy atom. The predicted molar refractivity (Wildman–Crippen MR) is 82.2 cm³/mol. The molecule has 0 aliphatic carbocycles. The molecule has 0 aromatic carbocycles. The minimum atomic E-state index is -4.65. The van der Waals surface area contributed by atoms with Crippen molar-refractivity contribution in [3.63, 3.8) is 0 Å². The minimum absolute atomic E-state index is 0.0405. The Labute approximate surface area is 134 Å². The van der Waals surface area contributed by atoms with Crippen LogP contribution in [0.1, 0.15) is 12.8 Å². The maximum atomic E-state index is 11.1. The molecular formula is C9H15Br2Cl2O4P. The van der Waals surface area contributed by atoms with Gasteiger partial charge < -0.3 is 9.79 Å². The Hall–Kier alpha value is 1.39. The van der Waals surface area contributed by atoms with E-state index < -0.39 is 18.8 Å². The number of alkyl halides is 4. The molecule has 3 atom stereocenters. The van der Waals surface area contributed by atoms with Gasteiger partial charge in [-0.2, -0.15) is 0 Å². The average Bonchev–Trinajstić information content (AvgIpc) is 2.26. The van der Waals surface area contributed by atoms with Crippen molar-refractivity contribution in [3.05, 3.63) is 12.7 Å². The lowest BCUT2D eigenvalue weighted by molar-refractivity contribution is 0.0610. The van der Waals surface area contributed by atoms with Crippen molar-refractivity contribution in [2.24, 2.45) is 0 Å². The van der Waals surface area contributed by atoms with Crippen molar-refractivity contribution in [3.8, 4) is 0 Å². The van der Waals surface area contributed by atoms with Gasteiger partial charge in [0.15, 0.2) is 0 Å². The molecule has 0 aromatic rings. The fourth-order valence-electron chi connectivity index (χ4n) is 1.46. The van der Waals surface area contributed by atoms with Crippen LogP contribution in [0.5, 0.6) is 0 Å². The molecule has 0 amide bonds.